The van der Waals surface area contributed by atoms with Crippen molar-refractivity contribution in [3.63, 3.8) is 0 Å². The molecule has 0 saturated heterocycles. The van der Waals surface area contributed by atoms with E-state index in [1.54, 1.807) is 23.0 Å². The summed E-state index contributed by atoms with van der Waals surface area (Å²) in [6.07, 6.45) is 3.53. The first-order valence-corrected chi connectivity index (χ1v) is 4.43. The summed E-state index contributed by atoms with van der Waals surface area (Å²) in [5.41, 5.74) is 1.78. The number of non-ortho nitro benzene ring substituents is 1. The van der Waals surface area contributed by atoms with Gasteiger partial charge < -0.3 is 0 Å². The summed E-state index contributed by atoms with van der Waals surface area (Å²) in [5, 5.41) is 14.6. The van der Waals surface area contributed by atoms with E-state index in [-0.39, 0.29) is 5.69 Å². The molecule has 2 aromatic rings. The highest BCUT2D eigenvalue weighted by Gasteiger charge is 2.06. The van der Waals surface area contributed by atoms with Crippen LogP contribution in [0, 0.1) is 17.0 Å². The molecule has 0 aliphatic rings. The van der Waals surface area contributed by atoms with Gasteiger partial charge in [0.05, 0.1) is 16.8 Å². The monoisotopic (exact) mass is 203 g/mol. The van der Waals surface area contributed by atoms with Crippen molar-refractivity contribution in [3.8, 4) is 5.69 Å². The maximum Gasteiger partial charge on any atom is 0.271 e. The van der Waals surface area contributed by atoms with Crippen LogP contribution in [0.1, 0.15) is 5.56 Å². The second-order valence-electron chi connectivity index (χ2n) is 3.24. The summed E-state index contributed by atoms with van der Waals surface area (Å²) in [4.78, 5) is 10.1. The largest absolute Gasteiger partial charge is 0.271 e. The highest BCUT2D eigenvalue weighted by atomic mass is 16.6. The summed E-state index contributed by atoms with van der Waals surface area (Å²) >= 11 is 0. The van der Waals surface area contributed by atoms with Gasteiger partial charge in [-0.3, -0.25) is 10.1 Å². The van der Waals surface area contributed by atoms with Crippen LogP contribution < -0.4 is 0 Å². The van der Waals surface area contributed by atoms with Crippen LogP contribution in [-0.4, -0.2) is 14.7 Å². The van der Waals surface area contributed by atoms with Crippen molar-refractivity contribution in [1.29, 1.82) is 0 Å². The van der Waals surface area contributed by atoms with Crippen LogP contribution in [0.3, 0.4) is 0 Å². The standard InChI is InChI=1S/C10H9N3O2/c1-8-6-11-12(7-8)9-3-2-4-10(5-9)13(14)15/h2-7H,1H3. The molecule has 0 aliphatic heterocycles. The van der Waals surface area contributed by atoms with Gasteiger partial charge in [0.15, 0.2) is 0 Å². The summed E-state index contributed by atoms with van der Waals surface area (Å²) in [6.45, 7) is 1.92. The fraction of sp³-hybridized carbons (Fsp3) is 0.100. The molecule has 0 saturated carbocycles. The van der Waals surface area contributed by atoms with Gasteiger partial charge in [-0.15, -0.1) is 0 Å². The van der Waals surface area contributed by atoms with E-state index in [1.807, 2.05) is 13.1 Å². The van der Waals surface area contributed by atoms with Crippen molar-refractivity contribution in [2.45, 2.75) is 6.92 Å². The maximum absolute atomic E-state index is 10.6. The molecular weight excluding hydrogens is 194 g/mol. The number of nitrogens with zero attached hydrogens (tertiary/aromatic N) is 3. The molecule has 0 spiro atoms. The van der Waals surface area contributed by atoms with Crippen molar-refractivity contribution in [2.75, 3.05) is 0 Å². The molecule has 0 N–H and O–H groups in total. The molecule has 0 radical (unpaired) electrons. The lowest BCUT2D eigenvalue weighted by molar-refractivity contribution is -0.384. The number of aromatic nitrogens is 2. The second kappa shape index (κ2) is 3.53. The predicted molar refractivity (Wildman–Crippen MR) is 55.0 cm³/mol. The van der Waals surface area contributed by atoms with Gasteiger partial charge in [-0.1, -0.05) is 6.07 Å². The molecular formula is C10H9N3O2. The van der Waals surface area contributed by atoms with Crippen molar-refractivity contribution in [1.82, 2.24) is 9.78 Å². The number of hydrogen-bond acceptors (Lipinski definition) is 3. The fourth-order valence-electron chi connectivity index (χ4n) is 1.30. The number of hydrogen-bond donors (Lipinski definition) is 0. The smallest absolute Gasteiger partial charge is 0.258 e. The number of nitro benzene ring substituents is 1. The van der Waals surface area contributed by atoms with E-state index in [0.29, 0.717) is 5.69 Å². The SMILES string of the molecule is Cc1cnn(-c2cccc([N+](=O)[O-])c2)c1. The highest BCUT2D eigenvalue weighted by molar-refractivity contribution is 5.42. The Balaban J connectivity index is 2.45. The minimum Gasteiger partial charge on any atom is -0.258 e. The van der Waals surface area contributed by atoms with Gasteiger partial charge in [0.1, 0.15) is 0 Å². The van der Waals surface area contributed by atoms with Gasteiger partial charge in [0, 0.05) is 18.3 Å². The molecule has 1 aromatic heterocycles. The number of aryl methyl sites for hydroxylation is 1. The van der Waals surface area contributed by atoms with E-state index in [4.69, 9.17) is 0 Å². The van der Waals surface area contributed by atoms with Crippen molar-refractivity contribution in [2.24, 2.45) is 0 Å². The van der Waals surface area contributed by atoms with E-state index in [2.05, 4.69) is 5.10 Å². The van der Waals surface area contributed by atoms with Gasteiger partial charge in [0.2, 0.25) is 0 Å². The van der Waals surface area contributed by atoms with E-state index in [0.717, 1.165) is 5.56 Å². The summed E-state index contributed by atoms with van der Waals surface area (Å²) in [5.74, 6) is 0. The molecule has 0 bridgehead atoms. The van der Waals surface area contributed by atoms with Crippen LogP contribution in [0.15, 0.2) is 36.7 Å². The third-order valence-corrected chi connectivity index (χ3v) is 2.02. The Morgan fingerprint density at radius 2 is 2.27 bits per heavy atom. The Morgan fingerprint density at radius 1 is 1.47 bits per heavy atom. The lowest BCUT2D eigenvalue weighted by Crippen LogP contribution is -1.95. The molecule has 0 amide bonds. The summed E-state index contributed by atoms with van der Waals surface area (Å²) in [6, 6.07) is 6.37. The predicted octanol–water partition coefficient (Wildman–Crippen LogP) is 2.09. The zero-order valence-corrected chi connectivity index (χ0v) is 8.12. The van der Waals surface area contributed by atoms with Crippen LogP contribution >= 0.6 is 0 Å². The number of benzene rings is 1. The third-order valence-electron chi connectivity index (χ3n) is 2.02. The van der Waals surface area contributed by atoms with Crippen molar-refractivity contribution in [3.05, 3.63) is 52.3 Å². The number of rotatable bonds is 2. The Morgan fingerprint density at radius 3 is 2.87 bits per heavy atom. The Bertz CT molecular complexity index is 505. The van der Waals surface area contributed by atoms with Crippen LogP contribution in [0.25, 0.3) is 5.69 Å². The molecule has 5 nitrogen and oxygen atoms in total. The Labute approximate surface area is 86.1 Å². The van der Waals surface area contributed by atoms with Crippen LogP contribution in [-0.2, 0) is 0 Å². The molecule has 1 aromatic carbocycles. The fourth-order valence-corrected chi connectivity index (χ4v) is 1.30. The van der Waals surface area contributed by atoms with E-state index < -0.39 is 4.92 Å². The van der Waals surface area contributed by atoms with Crippen LogP contribution in [0.2, 0.25) is 0 Å². The molecule has 76 valence electrons. The van der Waals surface area contributed by atoms with Crippen molar-refractivity contribution < 1.29 is 4.92 Å². The lowest BCUT2D eigenvalue weighted by Gasteiger charge is -1.99. The Hall–Kier alpha value is -2.17. The first-order valence-electron chi connectivity index (χ1n) is 4.43. The molecule has 0 atom stereocenters. The molecule has 5 heteroatoms. The summed E-state index contributed by atoms with van der Waals surface area (Å²) < 4.78 is 1.61. The quantitative estimate of drug-likeness (QED) is 0.554. The average molecular weight is 203 g/mol. The normalized spacial score (nSPS) is 10.2. The maximum atomic E-state index is 10.6. The van der Waals surface area contributed by atoms with Gasteiger partial charge in [0.25, 0.3) is 5.69 Å². The average Bonchev–Trinajstić information content (AvgIpc) is 2.65. The van der Waals surface area contributed by atoms with E-state index in [1.165, 1.54) is 12.1 Å². The van der Waals surface area contributed by atoms with Gasteiger partial charge >= 0.3 is 0 Å². The first-order chi connectivity index (χ1) is 7.16. The second-order valence-corrected chi connectivity index (χ2v) is 3.24. The molecule has 15 heavy (non-hydrogen) atoms. The molecule has 0 unspecified atom stereocenters. The minimum atomic E-state index is -0.417. The minimum absolute atomic E-state index is 0.0700. The third kappa shape index (κ3) is 1.85. The van der Waals surface area contributed by atoms with E-state index >= 15 is 0 Å². The molecule has 0 aliphatic carbocycles. The zero-order chi connectivity index (χ0) is 10.8. The molecule has 2 rings (SSSR count). The zero-order valence-electron chi connectivity index (χ0n) is 8.12. The van der Waals surface area contributed by atoms with Gasteiger partial charge in [-0.25, -0.2) is 4.68 Å². The topological polar surface area (TPSA) is 61.0 Å². The van der Waals surface area contributed by atoms with E-state index in [9.17, 15) is 10.1 Å². The molecule has 1 heterocycles. The Kier molecular flexibility index (Phi) is 2.21. The highest BCUT2D eigenvalue weighted by Crippen LogP contribution is 2.16. The first kappa shape index (κ1) is 9.39. The molecule has 0 fully saturated rings. The van der Waals surface area contributed by atoms with Crippen LogP contribution in [0.4, 0.5) is 5.69 Å². The van der Waals surface area contributed by atoms with Crippen molar-refractivity contribution >= 4 is 5.69 Å². The van der Waals surface area contributed by atoms with Crippen LogP contribution in [0.5, 0.6) is 0 Å². The summed E-state index contributed by atoms with van der Waals surface area (Å²) in [7, 11) is 0. The van der Waals surface area contributed by atoms with Gasteiger partial charge in [-0.05, 0) is 18.6 Å². The lowest BCUT2D eigenvalue weighted by atomic mass is 10.3. The van der Waals surface area contributed by atoms with Gasteiger partial charge in [-0.2, -0.15) is 5.10 Å². The number of nitro groups is 1.